The molecule has 0 spiro atoms. The smallest absolute Gasteiger partial charge is 0.437 e. The maximum Gasteiger partial charge on any atom is 0.437 e. The van der Waals surface area contributed by atoms with Crippen LogP contribution in [0.4, 0.5) is 9.59 Å². The van der Waals surface area contributed by atoms with E-state index in [9.17, 15) is 9.59 Å². The molecule has 168 valence electrons. The molecule has 0 bridgehead atoms. The first-order chi connectivity index (χ1) is 16.1. The van der Waals surface area contributed by atoms with Crippen LogP contribution in [0, 0.1) is 0 Å². The van der Waals surface area contributed by atoms with Crippen molar-refractivity contribution in [3.63, 3.8) is 0 Å². The number of benzene rings is 3. The van der Waals surface area contributed by atoms with Crippen LogP contribution in [0.5, 0.6) is 0 Å². The number of carbonyl (C=O) groups is 2. The lowest BCUT2D eigenvalue weighted by Crippen LogP contribution is -2.44. The van der Waals surface area contributed by atoms with Gasteiger partial charge in [-0.15, -0.1) is 11.6 Å². The highest BCUT2D eigenvalue weighted by Crippen LogP contribution is 2.23. The Kier molecular flexibility index (Phi) is 8.36. The Balaban J connectivity index is 1.79. The molecule has 0 saturated heterocycles. The zero-order valence-corrected chi connectivity index (χ0v) is 18.0. The maximum absolute atomic E-state index is 13.0. The Bertz CT molecular complexity index is 1090. The van der Waals surface area contributed by atoms with E-state index in [1.165, 1.54) is 6.08 Å². The minimum atomic E-state index is -0.923. The topological polar surface area (TPSA) is 94.2 Å². The maximum atomic E-state index is 13.0. The van der Waals surface area contributed by atoms with Crippen molar-refractivity contribution in [3.05, 3.63) is 120 Å². The summed E-state index contributed by atoms with van der Waals surface area (Å²) in [4.78, 5) is 30.2. The quantitative estimate of drug-likeness (QED) is 0.308. The number of aliphatic imine (C=N–C) groups is 1. The van der Waals surface area contributed by atoms with E-state index < -0.39 is 18.2 Å². The first-order valence-corrected chi connectivity index (χ1v) is 10.3. The number of rotatable bonds is 7. The SMILES string of the molecule is C=C[C@@H](c1ccccc1)N(C(=O)OCc1ccccc1)/C(N)=N/C(=O)OCc1ccccc1. The molecule has 0 fully saturated rings. The van der Waals surface area contributed by atoms with Crippen LogP contribution in [0.1, 0.15) is 22.7 Å². The van der Waals surface area contributed by atoms with Crippen LogP contribution >= 0.6 is 0 Å². The Morgan fingerprint density at radius 3 is 1.85 bits per heavy atom. The minimum Gasteiger partial charge on any atom is -0.444 e. The van der Waals surface area contributed by atoms with Gasteiger partial charge in [-0.3, -0.25) is 0 Å². The molecule has 2 N–H and O–H groups in total. The molecule has 0 aliphatic heterocycles. The van der Waals surface area contributed by atoms with E-state index in [1.807, 2.05) is 91.0 Å². The summed E-state index contributed by atoms with van der Waals surface area (Å²) in [6.45, 7) is 3.87. The largest absolute Gasteiger partial charge is 0.444 e. The second-order valence-corrected chi connectivity index (χ2v) is 7.01. The van der Waals surface area contributed by atoms with Crippen molar-refractivity contribution in [3.8, 4) is 0 Å². The van der Waals surface area contributed by atoms with E-state index in [1.54, 1.807) is 0 Å². The van der Waals surface area contributed by atoms with Gasteiger partial charge < -0.3 is 15.2 Å². The van der Waals surface area contributed by atoms with E-state index in [-0.39, 0.29) is 19.2 Å². The predicted octanol–water partition coefficient (Wildman–Crippen LogP) is 5.20. The van der Waals surface area contributed by atoms with Crippen LogP contribution in [0.25, 0.3) is 0 Å². The molecule has 7 heteroatoms. The molecular formula is C26H25N3O4. The molecule has 2 amide bonds. The summed E-state index contributed by atoms with van der Waals surface area (Å²) in [5, 5.41) is 0. The van der Waals surface area contributed by atoms with E-state index in [2.05, 4.69) is 11.6 Å². The van der Waals surface area contributed by atoms with Crippen LogP contribution in [0.15, 0.2) is 109 Å². The molecule has 3 rings (SSSR count). The first-order valence-electron chi connectivity index (χ1n) is 10.3. The molecule has 0 aromatic heterocycles. The lowest BCUT2D eigenvalue weighted by molar-refractivity contribution is 0.109. The summed E-state index contributed by atoms with van der Waals surface area (Å²) < 4.78 is 10.6. The number of nitrogens with zero attached hydrogens (tertiary/aromatic N) is 2. The molecule has 0 saturated carbocycles. The van der Waals surface area contributed by atoms with Crippen LogP contribution in [0.2, 0.25) is 0 Å². The van der Waals surface area contributed by atoms with Crippen molar-refractivity contribution in [2.75, 3.05) is 0 Å². The fourth-order valence-electron chi connectivity index (χ4n) is 3.08. The number of ether oxygens (including phenoxy) is 2. The van der Waals surface area contributed by atoms with Crippen molar-refractivity contribution in [2.45, 2.75) is 19.3 Å². The number of hydrogen-bond acceptors (Lipinski definition) is 4. The van der Waals surface area contributed by atoms with E-state index in [4.69, 9.17) is 15.2 Å². The third-order valence-corrected chi connectivity index (χ3v) is 4.70. The standard InChI is InChI=1S/C26H25N3O4/c1-2-23(22-16-10-5-11-17-22)29(26(31)33-19-21-14-8-4-9-15-21)24(27)28-25(30)32-18-20-12-6-3-7-13-20/h2-17,23H,1,18-19H2,(H2,27,28,30)/t23-/m0/s1. The second-order valence-electron chi connectivity index (χ2n) is 7.01. The number of guanidine groups is 1. The summed E-state index contributed by atoms with van der Waals surface area (Å²) in [7, 11) is 0. The van der Waals surface area contributed by atoms with Gasteiger partial charge in [0.25, 0.3) is 0 Å². The normalized spacial score (nSPS) is 11.8. The number of amides is 2. The van der Waals surface area contributed by atoms with Crippen molar-refractivity contribution in [1.82, 2.24) is 4.90 Å². The van der Waals surface area contributed by atoms with Crippen LogP contribution in [-0.4, -0.2) is 23.0 Å². The van der Waals surface area contributed by atoms with Gasteiger partial charge in [-0.25, -0.2) is 14.5 Å². The second kappa shape index (κ2) is 11.9. The number of hydrogen-bond donors (Lipinski definition) is 1. The summed E-state index contributed by atoms with van der Waals surface area (Å²) in [5.74, 6) is -0.361. The predicted molar refractivity (Wildman–Crippen MR) is 126 cm³/mol. The van der Waals surface area contributed by atoms with Gasteiger partial charge in [-0.2, -0.15) is 0 Å². The Morgan fingerprint density at radius 2 is 1.33 bits per heavy atom. The van der Waals surface area contributed by atoms with Crippen molar-refractivity contribution >= 4 is 18.1 Å². The molecule has 0 unspecified atom stereocenters. The van der Waals surface area contributed by atoms with Gasteiger partial charge in [0.2, 0.25) is 5.96 Å². The molecule has 0 aliphatic rings. The highest BCUT2D eigenvalue weighted by atomic mass is 16.6. The van der Waals surface area contributed by atoms with Crippen LogP contribution < -0.4 is 5.73 Å². The third-order valence-electron chi connectivity index (χ3n) is 4.70. The van der Waals surface area contributed by atoms with Crippen molar-refractivity contribution in [1.29, 1.82) is 0 Å². The summed E-state index contributed by atoms with van der Waals surface area (Å²) in [6, 6.07) is 26.8. The minimum absolute atomic E-state index is 0.0263. The third kappa shape index (κ3) is 6.80. The average Bonchev–Trinajstić information content (AvgIpc) is 2.86. The molecule has 7 nitrogen and oxygen atoms in total. The molecular weight excluding hydrogens is 418 g/mol. The van der Waals surface area contributed by atoms with Crippen LogP contribution in [0.3, 0.4) is 0 Å². The number of carbonyl (C=O) groups excluding carboxylic acids is 2. The zero-order chi connectivity index (χ0) is 23.5. The Labute approximate surface area is 192 Å². The molecule has 0 heterocycles. The molecule has 0 radical (unpaired) electrons. The fraction of sp³-hybridized carbons (Fsp3) is 0.115. The lowest BCUT2D eigenvalue weighted by atomic mass is 10.1. The van der Waals surface area contributed by atoms with Crippen LogP contribution in [-0.2, 0) is 22.7 Å². The summed E-state index contributed by atoms with van der Waals surface area (Å²) >= 11 is 0. The van der Waals surface area contributed by atoms with E-state index in [0.29, 0.717) is 0 Å². The van der Waals surface area contributed by atoms with E-state index in [0.717, 1.165) is 21.6 Å². The number of nitrogens with two attached hydrogens (primary N) is 1. The highest BCUT2D eigenvalue weighted by molar-refractivity contribution is 5.98. The summed E-state index contributed by atoms with van der Waals surface area (Å²) in [5.41, 5.74) is 8.42. The fourth-order valence-corrected chi connectivity index (χ4v) is 3.08. The van der Waals surface area contributed by atoms with Gasteiger partial charge in [0, 0.05) is 0 Å². The van der Waals surface area contributed by atoms with Gasteiger partial charge in [0.1, 0.15) is 13.2 Å². The Hall–Kier alpha value is -4.39. The van der Waals surface area contributed by atoms with Gasteiger partial charge in [-0.1, -0.05) is 97.1 Å². The summed E-state index contributed by atoms with van der Waals surface area (Å²) in [6.07, 6.45) is -0.172. The molecule has 1 atom stereocenters. The molecule has 3 aromatic rings. The lowest BCUT2D eigenvalue weighted by Gasteiger charge is -2.28. The van der Waals surface area contributed by atoms with E-state index >= 15 is 0 Å². The zero-order valence-electron chi connectivity index (χ0n) is 18.0. The average molecular weight is 444 g/mol. The highest BCUT2D eigenvalue weighted by Gasteiger charge is 2.28. The molecule has 0 aliphatic carbocycles. The van der Waals surface area contributed by atoms with Gasteiger partial charge in [0.05, 0.1) is 6.04 Å². The van der Waals surface area contributed by atoms with Crippen molar-refractivity contribution in [2.24, 2.45) is 10.7 Å². The van der Waals surface area contributed by atoms with Gasteiger partial charge >= 0.3 is 12.2 Å². The Morgan fingerprint density at radius 1 is 0.848 bits per heavy atom. The van der Waals surface area contributed by atoms with Gasteiger partial charge in [-0.05, 0) is 16.7 Å². The van der Waals surface area contributed by atoms with Gasteiger partial charge in [0.15, 0.2) is 0 Å². The monoisotopic (exact) mass is 443 g/mol. The first kappa shape index (κ1) is 23.3. The molecule has 3 aromatic carbocycles. The van der Waals surface area contributed by atoms with Crippen molar-refractivity contribution < 1.29 is 19.1 Å². The molecule has 33 heavy (non-hydrogen) atoms.